The Morgan fingerprint density at radius 2 is 2.17 bits per heavy atom. The molecule has 29 heavy (non-hydrogen) atoms. The van der Waals surface area contributed by atoms with Crippen LogP contribution in [-0.2, 0) is 6.54 Å². The molecule has 1 fully saturated rings. The van der Waals surface area contributed by atoms with Crippen LogP contribution in [0.15, 0.2) is 42.2 Å². The lowest BCUT2D eigenvalue weighted by atomic mass is 9.99. The molecule has 2 heterocycles. The van der Waals surface area contributed by atoms with Gasteiger partial charge in [0.05, 0.1) is 29.1 Å². The zero-order valence-corrected chi connectivity index (χ0v) is 16.2. The molecule has 2 aliphatic heterocycles. The molecule has 4 rings (SSSR count). The Hall–Kier alpha value is -3.19. The summed E-state index contributed by atoms with van der Waals surface area (Å²) in [7, 11) is 0. The van der Waals surface area contributed by atoms with Gasteiger partial charge in [-0.05, 0) is 36.6 Å². The van der Waals surface area contributed by atoms with Crippen LogP contribution in [0.4, 0.5) is 5.69 Å². The van der Waals surface area contributed by atoms with Crippen molar-refractivity contribution in [3.8, 4) is 11.5 Å². The SMILES string of the molecule is C[C@H]1CCC[NH+](Cc2c(O)ccc3c2O/C(=C\c2cccc([N+](=O)[O-])c2)C3=O)C1. The van der Waals surface area contributed by atoms with Gasteiger partial charge in [-0.15, -0.1) is 0 Å². The number of nitrogens with one attached hydrogen (secondary N) is 1. The summed E-state index contributed by atoms with van der Waals surface area (Å²) in [6, 6.07) is 9.14. The lowest BCUT2D eigenvalue weighted by molar-refractivity contribution is -0.922. The number of benzene rings is 2. The van der Waals surface area contributed by atoms with E-state index in [0.717, 1.165) is 19.5 Å². The third-order valence-corrected chi connectivity index (χ3v) is 5.59. The van der Waals surface area contributed by atoms with Crippen LogP contribution >= 0.6 is 0 Å². The van der Waals surface area contributed by atoms with Crippen molar-refractivity contribution < 1.29 is 24.5 Å². The van der Waals surface area contributed by atoms with Gasteiger partial charge in [0, 0.05) is 18.1 Å². The summed E-state index contributed by atoms with van der Waals surface area (Å²) < 4.78 is 5.87. The number of nitrogens with zero attached hydrogens (tertiary/aromatic N) is 1. The maximum Gasteiger partial charge on any atom is 0.270 e. The zero-order valence-electron chi connectivity index (χ0n) is 16.2. The number of allylic oxidation sites excluding steroid dienone is 1. The van der Waals surface area contributed by atoms with Crippen molar-refractivity contribution >= 4 is 17.5 Å². The first kappa shape index (κ1) is 19.1. The number of ether oxygens (including phenoxy) is 1. The number of nitro benzene ring substituents is 1. The van der Waals surface area contributed by atoms with Gasteiger partial charge in [-0.2, -0.15) is 0 Å². The van der Waals surface area contributed by atoms with E-state index in [1.165, 1.54) is 29.5 Å². The van der Waals surface area contributed by atoms with Crippen molar-refractivity contribution in [3.63, 3.8) is 0 Å². The Morgan fingerprint density at radius 3 is 2.93 bits per heavy atom. The molecule has 1 saturated heterocycles. The minimum absolute atomic E-state index is 0.0524. The number of aromatic hydroxyl groups is 1. The topological polar surface area (TPSA) is 94.1 Å². The number of carbonyl (C=O) groups is 1. The number of piperidine rings is 1. The molecule has 0 aromatic heterocycles. The first-order valence-corrected chi connectivity index (χ1v) is 9.79. The Bertz CT molecular complexity index is 1010. The summed E-state index contributed by atoms with van der Waals surface area (Å²) >= 11 is 0. The van der Waals surface area contributed by atoms with Crippen LogP contribution < -0.4 is 9.64 Å². The number of rotatable bonds is 4. The van der Waals surface area contributed by atoms with E-state index in [-0.39, 0.29) is 23.0 Å². The van der Waals surface area contributed by atoms with E-state index in [2.05, 4.69) is 6.92 Å². The highest BCUT2D eigenvalue weighted by Gasteiger charge is 2.33. The smallest absolute Gasteiger partial charge is 0.270 e. The van der Waals surface area contributed by atoms with Crippen LogP contribution in [0.3, 0.4) is 0 Å². The van der Waals surface area contributed by atoms with E-state index in [9.17, 15) is 20.0 Å². The Labute approximate surface area is 168 Å². The van der Waals surface area contributed by atoms with Crippen molar-refractivity contribution in [3.05, 3.63) is 69.0 Å². The quantitative estimate of drug-likeness (QED) is 0.472. The molecule has 0 amide bonds. The minimum atomic E-state index is -0.480. The highest BCUT2D eigenvalue weighted by Crippen LogP contribution is 2.39. The molecular formula is C22H23N2O5+. The number of likely N-dealkylation sites (tertiary alicyclic amines) is 1. The van der Waals surface area contributed by atoms with Gasteiger partial charge in [0.1, 0.15) is 12.3 Å². The number of Topliss-reactive ketones (excluding diaryl/α,β-unsaturated/α-hetero) is 1. The molecule has 2 aromatic rings. The van der Waals surface area contributed by atoms with Crippen LogP contribution in [0.5, 0.6) is 11.5 Å². The molecule has 150 valence electrons. The maximum absolute atomic E-state index is 12.8. The summed E-state index contributed by atoms with van der Waals surface area (Å²) in [5.74, 6) is 0.977. The fourth-order valence-corrected chi connectivity index (χ4v) is 4.16. The fraction of sp³-hybridized carbons (Fsp3) is 0.318. The standard InChI is InChI=1S/C22H22N2O5/c1-14-4-3-9-23(12-14)13-18-19(25)8-7-17-21(26)20(29-22(17)18)11-15-5-2-6-16(10-15)24(27)28/h2,5-8,10-11,14,25H,3-4,9,12-13H2,1H3/p+1/b20-11-/t14-/m0/s1. The van der Waals surface area contributed by atoms with Gasteiger partial charge in [-0.1, -0.05) is 19.1 Å². The lowest BCUT2D eigenvalue weighted by Gasteiger charge is -2.28. The van der Waals surface area contributed by atoms with Crippen LogP contribution in [0.2, 0.25) is 0 Å². The van der Waals surface area contributed by atoms with Gasteiger partial charge in [-0.3, -0.25) is 14.9 Å². The van der Waals surface area contributed by atoms with E-state index in [1.54, 1.807) is 24.3 Å². The number of hydrogen-bond donors (Lipinski definition) is 2. The number of hydrogen-bond acceptors (Lipinski definition) is 5. The molecule has 2 aromatic carbocycles. The summed E-state index contributed by atoms with van der Waals surface area (Å²) in [5, 5.41) is 21.4. The van der Waals surface area contributed by atoms with Crippen molar-refractivity contribution in [1.82, 2.24) is 0 Å². The van der Waals surface area contributed by atoms with Crippen molar-refractivity contribution in [2.75, 3.05) is 13.1 Å². The van der Waals surface area contributed by atoms with Crippen molar-refractivity contribution in [2.45, 2.75) is 26.3 Å². The van der Waals surface area contributed by atoms with Gasteiger partial charge in [-0.25, -0.2) is 0 Å². The number of fused-ring (bicyclic) bond motifs is 1. The predicted octanol–water partition coefficient (Wildman–Crippen LogP) is 2.73. The maximum atomic E-state index is 12.8. The van der Waals surface area contributed by atoms with Gasteiger partial charge in [0.2, 0.25) is 5.78 Å². The number of phenolic OH excluding ortho intramolecular Hbond substituents is 1. The monoisotopic (exact) mass is 395 g/mol. The Balaban J connectivity index is 1.64. The molecule has 0 spiro atoms. The molecule has 2 atom stereocenters. The Morgan fingerprint density at radius 1 is 1.34 bits per heavy atom. The molecule has 7 heteroatoms. The van der Waals surface area contributed by atoms with E-state index >= 15 is 0 Å². The molecule has 1 unspecified atom stereocenters. The van der Waals surface area contributed by atoms with E-state index in [0.29, 0.717) is 34.9 Å². The summed E-state index contributed by atoms with van der Waals surface area (Å²) in [6.45, 7) is 4.87. The number of non-ortho nitro benzene ring substituents is 1. The van der Waals surface area contributed by atoms with Gasteiger partial charge >= 0.3 is 0 Å². The number of ketones is 1. The number of nitro groups is 1. The summed E-state index contributed by atoms with van der Waals surface area (Å²) in [4.78, 5) is 24.7. The van der Waals surface area contributed by atoms with E-state index in [1.807, 2.05) is 0 Å². The molecule has 0 bridgehead atoms. The number of phenols is 1. The number of quaternary nitrogens is 1. The first-order chi connectivity index (χ1) is 13.9. The summed E-state index contributed by atoms with van der Waals surface area (Å²) in [6.07, 6.45) is 3.86. The van der Waals surface area contributed by atoms with Crippen LogP contribution in [0.25, 0.3) is 6.08 Å². The average molecular weight is 395 g/mol. The fourth-order valence-electron chi connectivity index (χ4n) is 4.16. The lowest BCUT2D eigenvalue weighted by Crippen LogP contribution is -3.12. The molecular weight excluding hydrogens is 372 g/mol. The molecule has 7 nitrogen and oxygen atoms in total. The van der Waals surface area contributed by atoms with E-state index < -0.39 is 4.92 Å². The summed E-state index contributed by atoms with van der Waals surface area (Å²) in [5.41, 5.74) is 1.52. The zero-order chi connectivity index (χ0) is 20.5. The second-order valence-corrected chi connectivity index (χ2v) is 7.86. The molecule has 0 saturated carbocycles. The van der Waals surface area contributed by atoms with Gasteiger partial charge in [0.25, 0.3) is 5.69 Å². The molecule has 0 radical (unpaired) electrons. The van der Waals surface area contributed by atoms with Crippen LogP contribution in [0.1, 0.15) is 41.3 Å². The Kier molecular flexibility index (Phi) is 5.07. The third kappa shape index (κ3) is 3.86. The highest BCUT2D eigenvalue weighted by molar-refractivity contribution is 6.15. The highest BCUT2D eigenvalue weighted by atomic mass is 16.6. The second kappa shape index (κ2) is 7.67. The minimum Gasteiger partial charge on any atom is -0.507 e. The average Bonchev–Trinajstić information content (AvgIpc) is 3.00. The largest absolute Gasteiger partial charge is 0.507 e. The van der Waals surface area contributed by atoms with Crippen LogP contribution in [0, 0.1) is 16.0 Å². The van der Waals surface area contributed by atoms with Crippen molar-refractivity contribution in [2.24, 2.45) is 5.92 Å². The molecule has 0 aliphatic carbocycles. The number of carbonyl (C=O) groups excluding carboxylic acids is 1. The second-order valence-electron chi connectivity index (χ2n) is 7.86. The van der Waals surface area contributed by atoms with Gasteiger partial charge in [0.15, 0.2) is 11.5 Å². The van der Waals surface area contributed by atoms with Crippen LogP contribution in [-0.4, -0.2) is 28.9 Å². The van der Waals surface area contributed by atoms with Crippen molar-refractivity contribution in [1.29, 1.82) is 0 Å². The van der Waals surface area contributed by atoms with E-state index in [4.69, 9.17) is 4.74 Å². The third-order valence-electron chi connectivity index (χ3n) is 5.59. The molecule has 2 aliphatic rings. The predicted molar refractivity (Wildman–Crippen MR) is 107 cm³/mol. The normalized spacial score (nSPS) is 22.4. The van der Waals surface area contributed by atoms with Gasteiger partial charge < -0.3 is 14.7 Å². The first-order valence-electron chi connectivity index (χ1n) is 9.79. The molecule has 2 N–H and O–H groups in total.